The normalized spacial score (nSPS) is 11.2. The molecule has 0 aromatic heterocycles. The summed E-state index contributed by atoms with van der Waals surface area (Å²) in [6.07, 6.45) is 0. The van der Waals surface area contributed by atoms with E-state index in [-0.39, 0.29) is 10.9 Å². The molecule has 212 valence electrons. The number of halogens is 5. The molecule has 0 N–H and O–H groups in total. The van der Waals surface area contributed by atoms with Crippen LogP contribution >= 0.6 is 0 Å². The summed E-state index contributed by atoms with van der Waals surface area (Å²) in [4.78, 5) is 1.55. The predicted molar refractivity (Wildman–Crippen MR) is 138 cm³/mol. The molecule has 0 fully saturated rings. The van der Waals surface area contributed by atoms with Gasteiger partial charge < -0.3 is 14.0 Å². The molecule has 0 bridgehead atoms. The molecule has 0 atom stereocenters. The lowest BCUT2D eigenvalue weighted by atomic mass is 10.3. The molecule has 5 nitrogen and oxygen atoms in total. The fourth-order valence-corrected chi connectivity index (χ4v) is 6.06. The molecular weight excluding hydrogens is 575 g/mol. The largest absolute Gasteiger partial charge is 0.744 e. The third-order valence-electron chi connectivity index (χ3n) is 5.14. The minimum Gasteiger partial charge on any atom is -0.744 e. The van der Waals surface area contributed by atoms with Gasteiger partial charge in [0.15, 0.2) is 38.0 Å². The highest BCUT2D eigenvalue weighted by Gasteiger charge is 2.29. The standard InChI is InChI=1S/C22H23O2S.C6HF5O3S/c1-2-23-17-18-24-19-13-15-22(16-14-19)25(20-9-5-3-6-10-20)21-11-7-4-8-12-21;7-1-2(8)4(10)6(15(12,13)14)5(11)3(1)9/h3-16H,2,17-18H2,1H3;(H,12,13,14)/q+1;/p-1. The quantitative estimate of drug-likeness (QED) is 0.0551. The minimum atomic E-state index is -5.77. The summed E-state index contributed by atoms with van der Waals surface area (Å²) in [5, 5.41) is 0. The third kappa shape index (κ3) is 7.81. The molecule has 4 rings (SSSR count). The van der Waals surface area contributed by atoms with E-state index in [2.05, 4.69) is 72.8 Å². The molecule has 0 aliphatic heterocycles. The number of ether oxygens (including phenoxy) is 2. The highest BCUT2D eigenvalue weighted by Crippen LogP contribution is 2.32. The van der Waals surface area contributed by atoms with Gasteiger partial charge in [0.25, 0.3) is 0 Å². The monoisotopic (exact) mass is 598 g/mol. The number of hydrogen-bond donors (Lipinski definition) is 0. The Kier molecular flexibility index (Phi) is 11.1. The van der Waals surface area contributed by atoms with Gasteiger partial charge in [-0.15, -0.1) is 0 Å². The van der Waals surface area contributed by atoms with Gasteiger partial charge in [0.1, 0.15) is 27.4 Å². The molecule has 0 unspecified atom stereocenters. The maximum absolute atomic E-state index is 12.6. The second kappa shape index (κ2) is 14.3. The first-order chi connectivity index (χ1) is 19.1. The van der Waals surface area contributed by atoms with Crippen LogP contribution in [0.3, 0.4) is 0 Å². The first kappa shape index (κ1) is 31.1. The second-order valence-corrected chi connectivity index (χ2v) is 11.1. The average Bonchev–Trinajstić information content (AvgIpc) is 2.95. The van der Waals surface area contributed by atoms with E-state index in [1.807, 2.05) is 19.1 Å². The summed E-state index contributed by atoms with van der Waals surface area (Å²) in [6, 6.07) is 29.7. The van der Waals surface area contributed by atoms with Gasteiger partial charge in [-0.25, -0.2) is 30.4 Å². The zero-order valence-electron chi connectivity index (χ0n) is 21.0. The highest BCUT2D eigenvalue weighted by molar-refractivity contribution is 7.97. The Labute approximate surface area is 231 Å². The van der Waals surface area contributed by atoms with Gasteiger partial charge in [0.05, 0.1) is 17.5 Å². The van der Waals surface area contributed by atoms with Crippen molar-refractivity contribution in [1.29, 1.82) is 0 Å². The number of hydrogen-bond acceptors (Lipinski definition) is 5. The van der Waals surface area contributed by atoms with Crippen LogP contribution in [0.4, 0.5) is 22.0 Å². The van der Waals surface area contributed by atoms with Crippen LogP contribution in [-0.2, 0) is 25.7 Å². The zero-order valence-corrected chi connectivity index (χ0v) is 22.6. The van der Waals surface area contributed by atoms with Gasteiger partial charge in [0.2, 0.25) is 5.82 Å². The van der Waals surface area contributed by atoms with Crippen molar-refractivity contribution in [2.45, 2.75) is 26.5 Å². The van der Waals surface area contributed by atoms with Crippen LogP contribution in [0.25, 0.3) is 0 Å². The molecule has 0 spiro atoms. The van der Waals surface area contributed by atoms with Gasteiger partial charge in [-0.3, -0.25) is 0 Å². The van der Waals surface area contributed by atoms with E-state index in [0.717, 1.165) is 12.4 Å². The molecule has 40 heavy (non-hydrogen) atoms. The van der Waals surface area contributed by atoms with Gasteiger partial charge >= 0.3 is 0 Å². The molecule has 4 aromatic rings. The van der Waals surface area contributed by atoms with Gasteiger partial charge in [-0.1, -0.05) is 36.4 Å². The lowest BCUT2D eigenvalue weighted by Crippen LogP contribution is -2.12. The van der Waals surface area contributed by atoms with Crippen LogP contribution < -0.4 is 4.74 Å². The Morgan fingerprint density at radius 1 is 0.650 bits per heavy atom. The smallest absolute Gasteiger partial charge is 0.200 e. The van der Waals surface area contributed by atoms with Crippen molar-refractivity contribution in [3.8, 4) is 5.75 Å². The van der Waals surface area contributed by atoms with Crippen LogP contribution in [0, 0.1) is 29.1 Å². The van der Waals surface area contributed by atoms with Crippen molar-refractivity contribution in [2.24, 2.45) is 0 Å². The number of benzene rings is 4. The van der Waals surface area contributed by atoms with Crippen LogP contribution in [-0.4, -0.2) is 32.8 Å². The summed E-state index contributed by atoms with van der Waals surface area (Å²) in [6.45, 7) is 3.91. The fraction of sp³-hybridized carbons (Fsp3) is 0.143. The second-order valence-electron chi connectivity index (χ2n) is 7.80. The number of rotatable bonds is 9. The lowest BCUT2D eigenvalue weighted by Gasteiger charge is -2.10. The molecule has 0 saturated carbocycles. The maximum atomic E-state index is 12.6. The first-order valence-electron chi connectivity index (χ1n) is 11.7. The van der Waals surface area contributed by atoms with Crippen LogP contribution in [0.1, 0.15) is 6.92 Å². The SMILES string of the molecule is CCOCCOc1ccc([S+](c2ccccc2)c2ccccc2)cc1.O=S(=O)([O-])c1c(F)c(F)c(F)c(F)c1F. The van der Waals surface area contributed by atoms with E-state index in [9.17, 15) is 34.9 Å². The van der Waals surface area contributed by atoms with E-state index in [0.29, 0.717) is 13.2 Å². The molecular formula is C28H23F5O5S2. The summed E-state index contributed by atoms with van der Waals surface area (Å²) in [5.74, 6) is -11.9. The predicted octanol–water partition coefficient (Wildman–Crippen LogP) is 6.48. The van der Waals surface area contributed by atoms with Gasteiger partial charge in [-0.2, -0.15) is 0 Å². The Bertz CT molecular complexity index is 1440. The Balaban J connectivity index is 0.000000252. The molecule has 12 heteroatoms. The van der Waals surface area contributed by atoms with Gasteiger partial charge in [0, 0.05) is 6.61 Å². The van der Waals surface area contributed by atoms with Crippen molar-refractivity contribution in [1.82, 2.24) is 0 Å². The van der Waals surface area contributed by atoms with Crippen molar-refractivity contribution < 1.29 is 44.4 Å². The van der Waals surface area contributed by atoms with E-state index in [1.165, 1.54) is 14.7 Å². The molecule has 0 aliphatic rings. The molecule has 4 aromatic carbocycles. The summed E-state index contributed by atoms with van der Waals surface area (Å²) in [7, 11) is -5.88. The molecule has 0 aliphatic carbocycles. The summed E-state index contributed by atoms with van der Waals surface area (Å²) >= 11 is 0. The van der Waals surface area contributed by atoms with Crippen molar-refractivity contribution in [3.63, 3.8) is 0 Å². The topological polar surface area (TPSA) is 75.7 Å². The lowest BCUT2D eigenvalue weighted by molar-refractivity contribution is 0.110. The summed E-state index contributed by atoms with van der Waals surface area (Å²) in [5.41, 5.74) is 0. The van der Waals surface area contributed by atoms with Crippen LogP contribution in [0.15, 0.2) is 105 Å². The molecule has 0 radical (unpaired) electrons. The minimum absolute atomic E-state index is 0.112. The highest BCUT2D eigenvalue weighted by atomic mass is 32.2. The van der Waals surface area contributed by atoms with Crippen molar-refractivity contribution in [2.75, 3.05) is 19.8 Å². The average molecular weight is 599 g/mol. The Morgan fingerprint density at radius 3 is 1.50 bits per heavy atom. The molecule has 0 heterocycles. The van der Waals surface area contributed by atoms with Crippen molar-refractivity contribution in [3.05, 3.63) is 114 Å². The Morgan fingerprint density at radius 2 is 1.07 bits per heavy atom. The van der Waals surface area contributed by atoms with E-state index in [4.69, 9.17) is 9.47 Å². The van der Waals surface area contributed by atoms with E-state index in [1.54, 1.807) is 0 Å². The Hall–Kier alpha value is -3.45. The van der Waals surface area contributed by atoms with E-state index < -0.39 is 44.1 Å². The summed E-state index contributed by atoms with van der Waals surface area (Å²) < 4.78 is 104. The zero-order chi connectivity index (χ0) is 29.3. The van der Waals surface area contributed by atoms with Crippen LogP contribution in [0.2, 0.25) is 0 Å². The maximum Gasteiger partial charge on any atom is 0.200 e. The first-order valence-corrected chi connectivity index (χ1v) is 14.3. The van der Waals surface area contributed by atoms with Crippen molar-refractivity contribution >= 4 is 21.0 Å². The van der Waals surface area contributed by atoms with E-state index >= 15 is 0 Å². The molecule has 0 saturated heterocycles. The van der Waals surface area contributed by atoms with Gasteiger partial charge in [-0.05, 0) is 55.5 Å². The van der Waals surface area contributed by atoms with Crippen LogP contribution in [0.5, 0.6) is 5.75 Å². The fourth-order valence-electron chi connectivity index (χ4n) is 3.36. The molecule has 0 amide bonds. The third-order valence-corrected chi connectivity index (χ3v) is 8.23.